The van der Waals surface area contributed by atoms with Crippen LogP contribution in [0.4, 0.5) is 5.00 Å². The van der Waals surface area contributed by atoms with Crippen LogP contribution in [0.3, 0.4) is 0 Å². The third-order valence-corrected chi connectivity index (χ3v) is 5.56. The Morgan fingerprint density at radius 1 is 1.19 bits per heavy atom. The van der Waals surface area contributed by atoms with Gasteiger partial charge in [0.25, 0.3) is 0 Å². The van der Waals surface area contributed by atoms with Gasteiger partial charge in [0.05, 0.1) is 5.56 Å². The maximum atomic E-state index is 12.2. The van der Waals surface area contributed by atoms with Crippen LogP contribution in [0.2, 0.25) is 0 Å². The number of nitrogens with zero attached hydrogens (tertiary/aromatic N) is 1. The Hall–Kier alpha value is -2.36. The molecule has 0 fully saturated rings. The molecule has 26 heavy (non-hydrogen) atoms. The van der Waals surface area contributed by atoms with Crippen molar-refractivity contribution in [1.29, 1.82) is 5.26 Å². The smallest absolute Gasteiger partial charge is 0.226 e. The topological polar surface area (TPSA) is 74.2 Å². The zero-order chi connectivity index (χ0) is 18.2. The van der Waals surface area contributed by atoms with Crippen molar-refractivity contribution in [3.8, 4) is 11.8 Å². The fourth-order valence-electron chi connectivity index (χ4n) is 3.05. The second-order valence-electron chi connectivity index (χ2n) is 6.24. The number of amides is 1. The molecule has 136 valence electrons. The molecule has 0 bridgehead atoms. The summed E-state index contributed by atoms with van der Waals surface area (Å²) in [6.45, 7) is 1.82. The van der Waals surface area contributed by atoms with Gasteiger partial charge in [-0.05, 0) is 43.4 Å². The summed E-state index contributed by atoms with van der Waals surface area (Å²) in [5, 5.41) is 16.3. The molecular formula is C20H23N3O2S. The molecule has 1 aromatic carbocycles. The molecule has 1 aliphatic carbocycles. The van der Waals surface area contributed by atoms with Crippen molar-refractivity contribution < 1.29 is 9.53 Å². The highest BCUT2D eigenvalue weighted by atomic mass is 32.1. The molecular weight excluding hydrogens is 346 g/mol. The number of rotatable bonds is 8. The first kappa shape index (κ1) is 18.4. The summed E-state index contributed by atoms with van der Waals surface area (Å²) in [5.41, 5.74) is 1.82. The van der Waals surface area contributed by atoms with Crippen LogP contribution < -0.4 is 15.4 Å². The molecule has 0 spiro atoms. The van der Waals surface area contributed by atoms with Crippen molar-refractivity contribution in [2.24, 2.45) is 0 Å². The average molecular weight is 369 g/mol. The molecule has 2 N–H and O–H groups in total. The van der Waals surface area contributed by atoms with Crippen molar-refractivity contribution in [3.63, 3.8) is 0 Å². The Morgan fingerprint density at radius 2 is 2.00 bits per heavy atom. The highest BCUT2D eigenvalue weighted by molar-refractivity contribution is 7.16. The van der Waals surface area contributed by atoms with Crippen LogP contribution in [0.1, 0.15) is 35.3 Å². The summed E-state index contributed by atoms with van der Waals surface area (Å²) in [4.78, 5) is 13.4. The predicted molar refractivity (Wildman–Crippen MR) is 104 cm³/mol. The largest absolute Gasteiger partial charge is 0.492 e. The minimum Gasteiger partial charge on any atom is -0.492 e. The quantitative estimate of drug-likeness (QED) is 0.699. The Morgan fingerprint density at radius 3 is 2.81 bits per heavy atom. The predicted octanol–water partition coefficient (Wildman–Crippen LogP) is 3.50. The van der Waals surface area contributed by atoms with E-state index in [1.54, 1.807) is 11.3 Å². The van der Waals surface area contributed by atoms with Crippen molar-refractivity contribution in [1.82, 2.24) is 5.32 Å². The van der Waals surface area contributed by atoms with E-state index in [2.05, 4.69) is 16.7 Å². The first-order valence-electron chi connectivity index (χ1n) is 9.01. The lowest BCUT2D eigenvalue weighted by atomic mass is 9.96. The summed E-state index contributed by atoms with van der Waals surface area (Å²) >= 11 is 1.56. The number of benzene rings is 1. The number of carbonyl (C=O) groups excluding carboxylic acids is 1. The molecule has 2 aromatic rings. The number of hydrogen-bond acceptors (Lipinski definition) is 5. The van der Waals surface area contributed by atoms with Crippen LogP contribution in [0.25, 0.3) is 0 Å². The Kier molecular flexibility index (Phi) is 6.64. The number of nitriles is 1. The Labute approximate surface area is 158 Å². The maximum Gasteiger partial charge on any atom is 0.226 e. The molecule has 5 nitrogen and oxygen atoms in total. The van der Waals surface area contributed by atoms with E-state index in [0.717, 1.165) is 35.6 Å². The van der Waals surface area contributed by atoms with Gasteiger partial charge in [-0.15, -0.1) is 11.3 Å². The van der Waals surface area contributed by atoms with Gasteiger partial charge in [0.2, 0.25) is 5.91 Å². The van der Waals surface area contributed by atoms with Gasteiger partial charge < -0.3 is 15.4 Å². The monoisotopic (exact) mass is 369 g/mol. The molecule has 0 saturated carbocycles. The molecule has 1 aromatic heterocycles. The van der Waals surface area contributed by atoms with Gasteiger partial charge in [-0.2, -0.15) is 5.26 Å². The highest BCUT2D eigenvalue weighted by Gasteiger charge is 2.21. The Balaban J connectivity index is 1.38. The number of carbonyl (C=O) groups is 1. The van der Waals surface area contributed by atoms with Crippen molar-refractivity contribution >= 4 is 22.2 Å². The summed E-state index contributed by atoms with van der Waals surface area (Å²) in [5.74, 6) is 0.786. The molecule has 0 radical (unpaired) electrons. The number of hydrogen-bond donors (Lipinski definition) is 2. The van der Waals surface area contributed by atoms with E-state index in [1.807, 2.05) is 30.3 Å². The Bertz CT molecular complexity index is 780. The van der Waals surface area contributed by atoms with Gasteiger partial charge >= 0.3 is 0 Å². The van der Waals surface area contributed by atoms with Gasteiger partial charge in [0, 0.05) is 24.4 Å². The zero-order valence-electron chi connectivity index (χ0n) is 14.7. The van der Waals surface area contributed by atoms with Gasteiger partial charge in [-0.1, -0.05) is 18.2 Å². The molecule has 0 saturated heterocycles. The molecule has 1 heterocycles. The van der Waals surface area contributed by atoms with E-state index in [-0.39, 0.29) is 5.91 Å². The lowest BCUT2D eigenvalue weighted by Gasteiger charge is -2.09. The van der Waals surface area contributed by atoms with Crippen LogP contribution in [0.5, 0.6) is 5.75 Å². The van der Waals surface area contributed by atoms with Gasteiger partial charge in [0.15, 0.2) is 0 Å². The molecule has 6 heteroatoms. The van der Waals surface area contributed by atoms with Crippen LogP contribution in [-0.2, 0) is 17.6 Å². The molecule has 0 unspecified atom stereocenters. The number of ether oxygens (including phenoxy) is 1. The van der Waals surface area contributed by atoms with E-state index in [4.69, 9.17) is 4.74 Å². The molecule has 1 amide bonds. The van der Waals surface area contributed by atoms with E-state index < -0.39 is 0 Å². The number of fused-ring (bicyclic) bond motifs is 1. The molecule has 0 aliphatic heterocycles. The van der Waals surface area contributed by atoms with E-state index >= 15 is 0 Å². The average Bonchev–Trinajstić information content (AvgIpc) is 3.02. The number of aryl methyl sites for hydroxylation is 1. The minimum absolute atomic E-state index is 0.0587. The SMILES string of the molecule is N#Cc1c(NC(=O)CCNCCOc2ccccc2)sc2c1CCCC2. The van der Waals surface area contributed by atoms with Crippen LogP contribution in [0, 0.1) is 11.3 Å². The van der Waals surface area contributed by atoms with Gasteiger partial charge in [-0.25, -0.2) is 0 Å². The number of nitrogens with one attached hydrogen (secondary N) is 2. The standard InChI is InChI=1S/C20H23N3O2S/c21-14-17-16-8-4-5-9-18(16)26-20(17)23-19(24)10-11-22-12-13-25-15-6-2-1-3-7-15/h1-3,6-7,22H,4-5,8-13H2,(H,23,24). The molecule has 0 atom stereocenters. The fourth-order valence-corrected chi connectivity index (χ4v) is 4.30. The van der Waals surface area contributed by atoms with Crippen LogP contribution in [-0.4, -0.2) is 25.6 Å². The number of para-hydroxylation sites is 1. The second kappa shape index (κ2) is 9.37. The van der Waals surface area contributed by atoms with Gasteiger partial charge in [-0.3, -0.25) is 4.79 Å². The summed E-state index contributed by atoms with van der Waals surface area (Å²) in [7, 11) is 0. The van der Waals surface area contributed by atoms with E-state index in [0.29, 0.717) is 31.7 Å². The van der Waals surface area contributed by atoms with E-state index in [9.17, 15) is 10.1 Å². The normalized spacial score (nSPS) is 12.9. The maximum absolute atomic E-state index is 12.2. The summed E-state index contributed by atoms with van der Waals surface area (Å²) in [6, 6.07) is 11.9. The van der Waals surface area contributed by atoms with Crippen LogP contribution >= 0.6 is 11.3 Å². The second-order valence-corrected chi connectivity index (χ2v) is 7.34. The molecule has 1 aliphatic rings. The van der Waals surface area contributed by atoms with Crippen LogP contribution in [0.15, 0.2) is 30.3 Å². The van der Waals surface area contributed by atoms with E-state index in [1.165, 1.54) is 11.3 Å². The highest BCUT2D eigenvalue weighted by Crippen LogP contribution is 2.37. The van der Waals surface area contributed by atoms with Crippen molar-refractivity contribution in [2.45, 2.75) is 32.1 Å². The lowest BCUT2D eigenvalue weighted by molar-refractivity contribution is -0.116. The van der Waals surface area contributed by atoms with Crippen molar-refractivity contribution in [3.05, 3.63) is 46.3 Å². The van der Waals surface area contributed by atoms with Gasteiger partial charge in [0.1, 0.15) is 23.4 Å². The first-order chi connectivity index (χ1) is 12.8. The minimum atomic E-state index is -0.0587. The fraction of sp³-hybridized carbons (Fsp3) is 0.400. The summed E-state index contributed by atoms with van der Waals surface area (Å²) in [6.07, 6.45) is 4.64. The lowest BCUT2D eigenvalue weighted by Crippen LogP contribution is -2.25. The third kappa shape index (κ3) is 4.84. The number of anilines is 1. The summed E-state index contributed by atoms with van der Waals surface area (Å²) < 4.78 is 5.59. The molecule has 3 rings (SSSR count). The first-order valence-corrected chi connectivity index (χ1v) is 9.82. The zero-order valence-corrected chi connectivity index (χ0v) is 15.5. The van der Waals surface area contributed by atoms with Crippen molar-refractivity contribution in [2.75, 3.05) is 25.0 Å². The third-order valence-electron chi connectivity index (χ3n) is 4.36. The number of thiophene rings is 1.